The van der Waals surface area contributed by atoms with E-state index in [4.69, 9.17) is 21.1 Å². The number of nitrogens with one attached hydrogen (secondary N) is 1. The van der Waals surface area contributed by atoms with Gasteiger partial charge in [-0.2, -0.15) is 5.10 Å². The van der Waals surface area contributed by atoms with Crippen molar-refractivity contribution in [2.24, 2.45) is 5.10 Å². The maximum atomic E-state index is 12.3. The minimum Gasteiger partial charge on any atom is -0.497 e. The lowest BCUT2D eigenvalue weighted by Crippen LogP contribution is -2.39. The molecule has 0 aliphatic heterocycles. The molecule has 0 saturated heterocycles. The van der Waals surface area contributed by atoms with Crippen molar-refractivity contribution in [3.63, 3.8) is 0 Å². The first kappa shape index (κ1) is 25.1. The van der Waals surface area contributed by atoms with Crippen LogP contribution in [0.25, 0.3) is 0 Å². The summed E-state index contributed by atoms with van der Waals surface area (Å²) in [5.74, 6) is 0.646. The summed E-state index contributed by atoms with van der Waals surface area (Å²) in [5, 5.41) is 4.55. The van der Waals surface area contributed by atoms with E-state index in [2.05, 4.69) is 10.5 Å². The van der Waals surface area contributed by atoms with Gasteiger partial charge in [0.15, 0.2) is 0 Å². The van der Waals surface area contributed by atoms with Crippen LogP contribution in [0, 0.1) is 0 Å². The zero-order valence-corrected chi connectivity index (χ0v) is 20.2. The van der Waals surface area contributed by atoms with Gasteiger partial charge in [-0.05, 0) is 60.2 Å². The number of sulfonamides is 1. The summed E-state index contributed by atoms with van der Waals surface area (Å²) in [6, 6.07) is 20.9. The molecule has 0 heterocycles. The smallest absolute Gasteiger partial charge is 0.260 e. The third-order valence-corrected chi connectivity index (χ3v) is 6.19. The Labute approximate surface area is 203 Å². The van der Waals surface area contributed by atoms with E-state index in [1.165, 1.54) is 13.3 Å². The Hall–Kier alpha value is -3.56. The van der Waals surface area contributed by atoms with Gasteiger partial charge >= 0.3 is 0 Å². The van der Waals surface area contributed by atoms with Crippen molar-refractivity contribution in [3.8, 4) is 11.5 Å². The summed E-state index contributed by atoms with van der Waals surface area (Å²) < 4.78 is 36.1. The van der Waals surface area contributed by atoms with E-state index in [0.29, 0.717) is 28.8 Å². The highest BCUT2D eigenvalue weighted by atomic mass is 35.5. The van der Waals surface area contributed by atoms with E-state index in [0.717, 1.165) is 21.7 Å². The Kier molecular flexibility index (Phi) is 8.50. The average molecular weight is 502 g/mol. The van der Waals surface area contributed by atoms with E-state index >= 15 is 0 Å². The lowest BCUT2D eigenvalue weighted by molar-refractivity contribution is -0.119. The Morgan fingerprint density at radius 2 is 1.68 bits per heavy atom. The van der Waals surface area contributed by atoms with Gasteiger partial charge in [-0.1, -0.05) is 29.8 Å². The minimum absolute atomic E-state index is 0.341. The maximum Gasteiger partial charge on any atom is 0.260 e. The second-order valence-corrected chi connectivity index (χ2v) is 9.52. The molecule has 1 amide bonds. The van der Waals surface area contributed by atoms with Gasteiger partial charge in [0.05, 0.1) is 25.3 Å². The topological polar surface area (TPSA) is 97.3 Å². The molecule has 0 unspecified atom stereocenters. The molecule has 1 N–H and O–H groups in total. The van der Waals surface area contributed by atoms with E-state index < -0.39 is 22.5 Å². The number of methoxy groups -OCH3 is 1. The highest BCUT2D eigenvalue weighted by molar-refractivity contribution is 7.92. The fraction of sp³-hybridized carbons (Fsp3) is 0.167. The first-order valence-corrected chi connectivity index (χ1v) is 12.4. The number of hydrogen-bond acceptors (Lipinski definition) is 6. The predicted molar refractivity (Wildman–Crippen MR) is 133 cm³/mol. The number of anilines is 1. The SMILES string of the molecule is COc1ccc(N(CC(=O)N/N=C\c2ccc(OCc3ccccc3Cl)cc2)S(C)(=O)=O)cc1. The zero-order chi connectivity index (χ0) is 24.6. The second-order valence-electron chi connectivity index (χ2n) is 7.21. The normalized spacial score (nSPS) is 11.3. The fourth-order valence-electron chi connectivity index (χ4n) is 2.92. The standard InChI is InChI=1S/C24H24ClN3O5S/c1-32-21-13-9-20(10-14-21)28(34(2,30)31)16-24(29)27-26-15-18-7-11-22(12-8-18)33-17-19-5-3-4-6-23(19)25/h3-15H,16-17H2,1-2H3,(H,27,29)/b26-15-. The van der Waals surface area contributed by atoms with Gasteiger partial charge in [0.2, 0.25) is 10.0 Å². The van der Waals surface area contributed by atoms with Crippen LogP contribution in [0.2, 0.25) is 5.02 Å². The van der Waals surface area contributed by atoms with E-state index in [1.807, 2.05) is 18.2 Å². The number of hydrazone groups is 1. The van der Waals surface area contributed by atoms with Crippen molar-refractivity contribution in [3.05, 3.63) is 88.9 Å². The van der Waals surface area contributed by atoms with Crippen molar-refractivity contribution < 1.29 is 22.7 Å². The van der Waals surface area contributed by atoms with Crippen molar-refractivity contribution >= 4 is 39.4 Å². The fourth-order valence-corrected chi connectivity index (χ4v) is 3.97. The van der Waals surface area contributed by atoms with Crippen molar-refractivity contribution in [2.75, 3.05) is 24.2 Å². The van der Waals surface area contributed by atoms with Crippen molar-refractivity contribution in [1.29, 1.82) is 0 Å². The molecule has 3 aromatic carbocycles. The van der Waals surface area contributed by atoms with E-state index in [9.17, 15) is 13.2 Å². The molecule has 0 atom stereocenters. The summed E-state index contributed by atoms with van der Waals surface area (Å²) in [6.07, 6.45) is 2.48. The Morgan fingerprint density at radius 1 is 1.03 bits per heavy atom. The summed E-state index contributed by atoms with van der Waals surface area (Å²) in [7, 11) is -2.18. The number of rotatable bonds is 10. The number of carbonyl (C=O) groups excluding carboxylic acids is 1. The van der Waals surface area contributed by atoms with Crippen LogP contribution in [-0.4, -0.2) is 40.4 Å². The lowest BCUT2D eigenvalue weighted by Gasteiger charge is -2.21. The van der Waals surface area contributed by atoms with E-state index in [-0.39, 0.29) is 0 Å². The highest BCUT2D eigenvalue weighted by Gasteiger charge is 2.20. The molecule has 0 aromatic heterocycles. The van der Waals surface area contributed by atoms with Crippen LogP contribution < -0.4 is 19.2 Å². The van der Waals surface area contributed by atoms with Crippen LogP contribution in [0.4, 0.5) is 5.69 Å². The summed E-state index contributed by atoms with van der Waals surface area (Å²) >= 11 is 6.13. The highest BCUT2D eigenvalue weighted by Crippen LogP contribution is 2.21. The number of hydrogen-bond donors (Lipinski definition) is 1. The molecule has 10 heteroatoms. The molecule has 0 aliphatic carbocycles. The van der Waals surface area contributed by atoms with Crippen LogP contribution in [0.1, 0.15) is 11.1 Å². The van der Waals surface area contributed by atoms with Gasteiger partial charge < -0.3 is 9.47 Å². The third kappa shape index (κ3) is 7.23. The molecule has 0 fully saturated rings. The number of amides is 1. The monoisotopic (exact) mass is 501 g/mol. The van der Waals surface area contributed by atoms with Crippen molar-refractivity contribution in [1.82, 2.24) is 5.43 Å². The molecule has 178 valence electrons. The van der Waals surface area contributed by atoms with Crippen LogP contribution in [-0.2, 0) is 21.4 Å². The maximum absolute atomic E-state index is 12.3. The van der Waals surface area contributed by atoms with Gasteiger partial charge in [0.25, 0.3) is 5.91 Å². The summed E-state index contributed by atoms with van der Waals surface area (Å²) in [4.78, 5) is 12.3. The van der Waals surface area contributed by atoms with Crippen LogP contribution >= 0.6 is 11.6 Å². The largest absolute Gasteiger partial charge is 0.497 e. The van der Waals surface area contributed by atoms with Gasteiger partial charge in [-0.25, -0.2) is 13.8 Å². The molecule has 34 heavy (non-hydrogen) atoms. The van der Waals surface area contributed by atoms with Crippen molar-refractivity contribution in [2.45, 2.75) is 6.61 Å². The molecule has 3 rings (SSSR count). The van der Waals surface area contributed by atoms with Crippen LogP contribution in [0.5, 0.6) is 11.5 Å². The first-order chi connectivity index (χ1) is 16.3. The van der Waals surface area contributed by atoms with E-state index in [1.54, 1.807) is 54.6 Å². The molecular weight excluding hydrogens is 478 g/mol. The molecule has 8 nitrogen and oxygen atoms in total. The Balaban J connectivity index is 1.55. The first-order valence-electron chi connectivity index (χ1n) is 10.2. The Bertz CT molecular complexity index is 1250. The van der Waals surface area contributed by atoms with Gasteiger partial charge in [-0.15, -0.1) is 0 Å². The molecule has 0 radical (unpaired) electrons. The third-order valence-electron chi connectivity index (χ3n) is 4.68. The molecule has 0 aliphatic rings. The number of nitrogens with zero attached hydrogens (tertiary/aromatic N) is 2. The van der Waals surface area contributed by atoms with Gasteiger partial charge in [0.1, 0.15) is 24.7 Å². The minimum atomic E-state index is -3.69. The number of benzene rings is 3. The molecular formula is C24H24ClN3O5S. The number of carbonyl (C=O) groups is 1. The summed E-state index contributed by atoms with van der Waals surface area (Å²) in [5.41, 5.74) is 4.30. The molecule has 0 spiro atoms. The lowest BCUT2D eigenvalue weighted by atomic mass is 10.2. The molecule has 0 bridgehead atoms. The average Bonchev–Trinajstić information content (AvgIpc) is 2.82. The van der Waals surface area contributed by atoms with Gasteiger partial charge in [-0.3, -0.25) is 9.10 Å². The predicted octanol–water partition coefficient (Wildman–Crippen LogP) is 3.84. The van der Waals surface area contributed by atoms with Gasteiger partial charge in [0, 0.05) is 10.6 Å². The molecule has 0 saturated carbocycles. The molecule has 3 aromatic rings. The quantitative estimate of drug-likeness (QED) is 0.336. The zero-order valence-electron chi connectivity index (χ0n) is 18.6. The number of ether oxygens (including phenoxy) is 2. The number of halogens is 1. The van der Waals surface area contributed by atoms with Crippen LogP contribution in [0.15, 0.2) is 77.9 Å². The second kappa shape index (κ2) is 11.5. The van der Waals surface area contributed by atoms with Crippen LogP contribution in [0.3, 0.4) is 0 Å². The Morgan fingerprint density at radius 3 is 2.29 bits per heavy atom. The summed E-state index contributed by atoms with van der Waals surface area (Å²) in [6.45, 7) is -0.0779.